The Bertz CT molecular complexity index is 1700. The van der Waals surface area contributed by atoms with E-state index >= 15 is 0 Å². The Morgan fingerprint density at radius 1 is 1.12 bits per heavy atom. The van der Waals surface area contributed by atoms with E-state index in [4.69, 9.17) is 25.8 Å². The number of benzene rings is 2. The van der Waals surface area contributed by atoms with E-state index in [1.54, 1.807) is 13.0 Å². The first-order chi connectivity index (χ1) is 24.0. The number of rotatable bonds is 4. The number of aryl methyl sites for hydroxylation is 1. The van der Waals surface area contributed by atoms with Crippen LogP contribution in [0.5, 0.6) is 5.75 Å². The summed E-state index contributed by atoms with van der Waals surface area (Å²) in [5, 5.41) is -0.0135. The number of halogens is 1. The van der Waals surface area contributed by atoms with Crippen molar-refractivity contribution in [3.63, 3.8) is 0 Å². The highest BCUT2D eigenvalue weighted by Gasteiger charge is 2.44. The van der Waals surface area contributed by atoms with Crippen LogP contribution in [0.25, 0.3) is 0 Å². The van der Waals surface area contributed by atoms with Crippen LogP contribution in [-0.4, -0.2) is 89.2 Å². The van der Waals surface area contributed by atoms with Crippen molar-refractivity contribution in [1.29, 1.82) is 0 Å². The minimum absolute atomic E-state index is 0.0719. The van der Waals surface area contributed by atoms with Gasteiger partial charge in [0.15, 0.2) is 0 Å². The Kier molecular flexibility index (Phi) is 10.6. The lowest BCUT2D eigenvalue weighted by Gasteiger charge is -2.46. The van der Waals surface area contributed by atoms with Gasteiger partial charge in [0, 0.05) is 48.2 Å². The molecule has 9 nitrogen and oxygen atoms in total. The van der Waals surface area contributed by atoms with E-state index in [-0.39, 0.29) is 17.4 Å². The molecule has 7 atom stereocenters. The van der Waals surface area contributed by atoms with E-state index in [0.717, 1.165) is 82.2 Å². The number of anilines is 1. The normalized spacial score (nSPS) is 33.6. The van der Waals surface area contributed by atoms with Crippen molar-refractivity contribution < 1.29 is 27.4 Å². The molecule has 7 unspecified atom stereocenters. The van der Waals surface area contributed by atoms with Crippen molar-refractivity contribution in [2.75, 3.05) is 57.5 Å². The zero-order chi connectivity index (χ0) is 35.0. The Balaban J connectivity index is 1.23. The Labute approximate surface area is 302 Å². The summed E-state index contributed by atoms with van der Waals surface area (Å²) >= 11 is 6.47. The molecule has 3 heterocycles. The quantitative estimate of drug-likeness (QED) is 0.385. The number of carbonyl (C=O) groups is 1. The van der Waals surface area contributed by atoms with Gasteiger partial charge >= 0.3 is 0 Å². The van der Waals surface area contributed by atoms with Crippen LogP contribution in [0.15, 0.2) is 48.6 Å². The molecular formula is C39H52ClN3O6S. The Morgan fingerprint density at radius 2 is 1.98 bits per heavy atom. The molecule has 0 aromatic heterocycles. The maximum atomic E-state index is 13.5. The summed E-state index contributed by atoms with van der Waals surface area (Å²) in [7, 11) is -3.93. The average molecular weight is 726 g/mol. The van der Waals surface area contributed by atoms with Crippen molar-refractivity contribution >= 4 is 33.2 Å². The Morgan fingerprint density at radius 3 is 2.78 bits per heavy atom. The third kappa shape index (κ3) is 7.33. The van der Waals surface area contributed by atoms with Crippen LogP contribution in [0.4, 0.5) is 5.69 Å². The van der Waals surface area contributed by atoms with Gasteiger partial charge in [0.25, 0.3) is 5.91 Å². The predicted molar refractivity (Wildman–Crippen MR) is 197 cm³/mol. The molecule has 11 heteroatoms. The number of sulfonamides is 1. The SMILES string of the molecule is CC1C/C=C/C(OCCN2CCOCC2C)C2CCC2CN2CC3(CCCc4cc(Cl)ccc43)COc3ccc(cc32)C(=O)NS(=O)(=O)C1C. The fourth-order valence-corrected chi connectivity index (χ4v) is 10.2. The van der Waals surface area contributed by atoms with E-state index in [0.29, 0.717) is 48.8 Å². The van der Waals surface area contributed by atoms with Crippen molar-refractivity contribution in [1.82, 2.24) is 9.62 Å². The van der Waals surface area contributed by atoms with Gasteiger partial charge < -0.3 is 19.1 Å². The number of nitrogens with one attached hydrogen (secondary N) is 1. The lowest BCUT2D eigenvalue weighted by molar-refractivity contribution is -0.0442. The predicted octanol–water partition coefficient (Wildman–Crippen LogP) is 5.99. The van der Waals surface area contributed by atoms with Crippen molar-refractivity contribution in [3.8, 4) is 5.75 Å². The molecule has 2 aromatic carbocycles. The number of hydrogen-bond acceptors (Lipinski definition) is 8. The van der Waals surface area contributed by atoms with Gasteiger partial charge in [-0.25, -0.2) is 13.1 Å². The van der Waals surface area contributed by atoms with E-state index in [2.05, 4.69) is 45.7 Å². The highest BCUT2D eigenvalue weighted by molar-refractivity contribution is 7.90. The first-order valence-electron chi connectivity index (χ1n) is 18.5. The van der Waals surface area contributed by atoms with Crippen molar-refractivity contribution in [2.24, 2.45) is 17.8 Å². The average Bonchev–Trinajstić information content (AvgIpc) is 3.23. The molecule has 2 fully saturated rings. The second-order valence-corrected chi connectivity index (χ2v) is 17.9. The molecule has 272 valence electrons. The molecule has 1 amide bonds. The van der Waals surface area contributed by atoms with Crippen molar-refractivity contribution in [3.05, 3.63) is 70.3 Å². The summed E-state index contributed by atoms with van der Waals surface area (Å²) in [6.45, 7) is 11.7. The summed E-state index contributed by atoms with van der Waals surface area (Å²) in [6, 6.07) is 12.0. The molecule has 1 saturated heterocycles. The molecule has 1 N–H and O–H groups in total. The van der Waals surface area contributed by atoms with Gasteiger partial charge in [-0.3, -0.25) is 9.69 Å². The zero-order valence-electron chi connectivity index (χ0n) is 29.6. The van der Waals surface area contributed by atoms with Gasteiger partial charge in [0.2, 0.25) is 10.0 Å². The second-order valence-electron chi connectivity index (χ2n) is 15.4. The monoisotopic (exact) mass is 725 g/mol. The summed E-state index contributed by atoms with van der Waals surface area (Å²) in [5.74, 6) is 0.608. The lowest BCUT2D eigenvalue weighted by atomic mass is 9.68. The molecule has 5 aliphatic rings. The van der Waals surface area contributed by atoms with E-state index in [9.17, 15) is 13.2 Å². The molecule has 0 radical (unpaired) electrons. The van der Waals surface area contributed by atoms with E-state index < -0.39 is 21.2 Å². The van der Waals surface area contributed by atoms with E-state index in [1.807, 2.05) is 25.1 Å². The summed E-state index contributed by atoms with van der Waals surface area (Å²) in [6.07, 6.45) is 9.95. The molecule has 1 saturated carbocycles. The van der Waals surface area contributed by atoms with Crippen LogP contribution in [0.2, 0.25) is 5.02 Å². The zero-order valence-corrected chi connectivity index (χ0v) is 31.2. The minimum Gasteiger partial charge on any atom is -0.490 e. The first kappa shape index (κ1) is 35.8. The van der Waals surface area contributed by atoms with E-state index in [1.165, 1.54) is 11.1 Å². The number of allylic oxidation sites excluding steroid dienone is 1. The van der Waals surface area contributed by atoms with Gasteiger partial charge in [0.1, 0.15) is 5.75 Å². The third-order valence-electron chi connectivity index (χ3n) is 12.2. The number of morpholine rings is 1. The van der Waals surface area contributed by atoms with Gasteiger partial charge in [-0.05, 0) is 112 Å². The van der Waals surface area contributed by atoms with Gasteiger partial charge in [-0.1, -0.05) is 36.7 Å². The molecule has 2 aromatic rings. The standard InChI is InChI=1S/C39H52ClN3O6S/c1-26-6-4-8-36(48-19-17-42-16-18-47-23-27(42)2)33-12-9-31(33)22-43-24-39(15-5-7-29-20-32(40)11-13-34(29)39)25-49-37-14-10-30(21-35(37)43)38(44)41-50(45,46)28(26)3/h4,8,10-11,13-14,20-21,26-28,31,33,36H,5-7,9,12,15-19,22-25H2,1-3H3,(H,41,44)/b8-4+. The van der Waals surface area contributed by atoms with Crippen molar-refractivity contribution in [2.45, 2.75) is 82.1 Å². The molecule has 50 heavy (non-hydrogen) atoms. The maximum absolute atomic E-state index is 13.5. The van der Waals surface area contributed by atoms with Gasteiger partial charge in [-0.15, -0.1) is 0 Å². The molecule has 3 aliphatic heterocycles. The van der Waals surface area contributed by atoms with Crippen LogP contribution in [0.1, 0.15) is 74.4 Å². The summed E-state index contributed by atoms with van der Waals surface area (Å²) < 4.78 is 48.3. The lowest BCUT2D eigenvalue weighted by Crippen LogP contribution is -2.50. The van der Waals surface area contributed by atoms with Crippen LogP contribution in [0, 0.1) is 17.8 Å². The topological polar surface area (TPSA) is 97.4 Å². The minimum atomic E-state index is -3.93. The molecule has 2 aliphatic carbocycles. The largest absolute Gasteiger partial charge is 0.490 e. The number of amides is 1. The summed E-state index contributed by atoms with van der Waals surface area (Å²) in [5.41, 5.74) is 3.45. The number of ether oxygens (including phenoxy) is 3. The number of carbonyl (C=O) groups excluding carboxylic acids is 1. The molecule has 1 spiro atoms. The first-order valence-corrected chi connectivity index (χ1v) is 20.4. The van der Waals surface area contributed by atoms with Gasteiger partial charge in [-0.2, -0.15) is 0 Å². The van der Waals surface area contributed by atoms with Crippen LogP contribution >= 0.6 is 11.6 Å². The number of fused-ring (bicyclic) bond motifs is 4. The van der Waals surface area contributed by atoms with Crippen LogP contribution in [-0.2, 0) is 31.3 Å². The van der Waals surface area contributed by atoms with Gasteiger partial charge in [0.05, 0.1) is 43.5 Å². The highest BCUT2D eigenvalue weighted by atomic mass is 35.5. The fraction of sp³-hybridized carbons (Fsp3) is 0.615. The maximum Gasteiger partial charge on any atom is 0.264 e. The van der Waals surface area contributed by atoms with Crippen LogP contribution in [0.3, 0.4) is 0 Å². The fourth-order valence-electron chi connectivity index (χ4n) is 8.72. The molecule has 7 rings (SSSR count). The number of nitrogens with zero attached hydrogens (tertiary/aromatic N) is 2. The van der Waals surface area contributed by atoms with Crippen LogP contribution < -0.4 is 14.4 Å². The molecular weight excluding hydrogens is 674 g/mol. The Hall–Kier alpha value is -2.63. The smallest absolute Gasteiger partial charge is 0.264 e. The summed E-state index contributed by atoms with van der Waals surface area (Å²) in [4.78, 5) is 18.4. The second kappa shape index (κ2) is 14.8. The highest BCUT2D eigenvalue weighted by Crippen LogP contribution is 2.47. The third-order valence-corrected chi connectivity index (χ3v) is 14.4. The molecule has 2 bridgehead atoms. The number of hydrogen-bond donors (Lipinski definition) is 1.